The molecule has 0 atom stereocenters. The second-order valence-electron chi connectivity index (χ2n) is 5.64. The summed E-state index contributed by atoms with van der Waals surface area (Å²) in [6.45, 7) is 1.44. The monoisotopic (exact) mass is 369 g/mol. The predicted molar refractivity (Wildman–Crippen MR) is 99.1 cm³/mol. The summed E-state index contributed by atoms with van der Waals surface area (Å²) in [5.41, 5.74) is -1.48. The summed E-state index contributed by atoms with van der Waals surface area (Å²) < 4.78 is 19.8. The first-order chi connectivity index (χ1) is 12.9. The summed E-state index contributed by atoms with van der Waals surface area (Å²) in [5, 5.41) is 10.6. The minimum atomic E-state index is -0.820. The second kappa shape index (κ2) is 7.28. The number of hydrogen-bond acceptors (Lipinski definition) is 5. The summed E-state index contributed by atoms with van der Waals surface area (Å²) in [6.07, 6.45) is 0. The first-order valence-corrected chi connectivity index (χ1v) is 7.95. The molecule has 3 aromatic rings. The van der Waals surface area contributed by atoms with Gasteiger partial charge in [0, 0.05) is 0 Å². The first-order valence-electron chi connectivity index (χ1n) is 7.95. The average Bonchev–Trinajstić information content (AvgIpc) is 2.64. The van der Waals surface area contributed by atoms with Gasteiger partial charge in [-0.2, -0.15) is 0 Å². The lowest BCUT2D eigenvalue weighted by Crippen LogP contribution is -2.32. The highest BCUT2D eigenvalue weighted by Gasteiger charge is 2.18. The number of nitrogens with one attached hydrogen (secondary N) is 1. The Labute approximate surface area is 153 Å². The van der Waals surface area contributed by atoms with E-state index in [1.807, 2.05) is 0 Å². The van der Waals surface area contributed by atoms with Gasteiger partial charge in [0.15, 0.2) is 0 Å². The molecule has 0 aliphatic carbocycles. The zero-order valence-electron chi connectivity index (χ0n) is 14.6. The molecule has 0 saturated heterocycles. The van der Waals surface area contributed by atoms with E-state index in [-0.39, 0.29) is 17.0 Å². The molecule has 0 fully saturated rings. The molecule has 8 heteroatoms. The number of aliphatic imine (C=N–C) groups is 1. The van der Waals surface area contributed by atoms with E-state index in [2.05, 4.69) is 9.98 Å². The number of hydrogen-bond donors (Lipinski definition) is 2. The molecule has 0 radical (unpaired) electrons. The summed E-state index contributed by atoms with van der Waals surface area (Å²) in [6, 6.07) is 12.1. The zero-order valence-corrected chi connectivity index (χ0v) is 14.6. The van der Waals surface area contributed by atoms with Crippen molar-refractivity contribution in [2.75, 3.05) is 7.11 Å². The number of benzene rings is 2. The summed E-state index contributed by atoms with van der Waals surface area (Å²) in [5.74, 6) is -0.601. The molecule has 0 unspecified atom stereocenters. The molecule has 0 aliphatic rings. The number of ether oxygens (including phenoxy) is 1. The van der Waals surface area contributed by atoms with Crippen molar-refractivity contribution in [2.24, 2.45) is 4.99 Å². The highest BCUT2D eigenvalue weighted by Crippen LogP contribution is 2.22. The van der Waals surface area contributed by atoms with Crippen molar-refractivity contribution in [1.82, 2.24) is 9.55 Å². The molecular weight excluding hydrogens is 353 g/mol. The molecule has 0 aliphatic heterocycles. The van der Waals surface area contributed by atoms with Crippen LogP contribution in [-0.4, -0.2) is 27.5 Å². The van der Waals surface area contributed by atoms with Crippen molar-refractivity contribution in [1.29, 1.82) is 0 Å². The summed E-state index contributed by atoms with van der Waals surface area (Å²) in [7, 11) is 1.50. The molecule has 0 bridgehead atoms. The zero-order chi connectivity index (χ0) is 19.6. The van der Waals surface area contributed by atoms with Crippen LogP contribution in [0.15, 0.2) is 63.1 Å². The quantitative estimate of drug-likeness (QED) is 0.691. The average molecular weight is 369 g/mol. The van der Waals surface area contributed by atoms with Crippen LogP contribution in [0.2, 0.25) is 0 Å². The largest absolute Gasteiger partial charge is 0.497 e. The van der Waals surface area contributed by atoms with Crippen LogP contribution in [0.3, 0.4) is 0 Å². The molecule has 1 aromatic heterocycles. The van der Waals surface area contributed by atoms with E-state index in [9.17, 15) is 19.1 Å². The third-order valence-electron chi connectivity index (χ3n) is 3.92. The lowest BCUT2D eigenvalue weighted by molar-refractivity contribution is 0.414. The third kappa shape index (κ3) is 3.50. The van der Waals surface area contributed by atoms with Crippen LogP contribution >= 0.6 is 0 Å². The fourth-order valence-corrected chi connectivity index (χ4v) is 2.60. The second-order valence-corrected chi connectivity index (χ2v) is 5.64. The van der Waals surface area contributed by atoms with Crippen LogP contribution in [0.4, 0.5) is 10.1 Å². The maximum atomic E-state index is 13.8. The molecule has 0 saturated carbocycles. The SMILES string of the molecule is COc1ccc(-n2c(O)c(C(C)=Nc3ccccc3F)c(=O)[nH]c2=O)cc1. The fraction of sp³-hybridized carbons (Fsp3) is 0.105. The minimum Gasteiger partial charge on any atom is -0.497 e. The van der Waals surface area contributed by atoms with Crippen LogP contribution in [0, 0.1) is 5.82 Å². The van der Waals surface area contributed by atoms with E-state index in [0.29, 0.717) is 11.4 Å². The predicted octanol–water partition coefficient (Wildman–Crippen LogP) is 2.52. The van der Waals surface area contributed by atoms with Crippen LogP contribution < -0.4 is 16.0 Å². The molecule has 2 aromatic carbocycles. The maximum Gasteiger partial charge on any atom is 0.335 e. The standard InChI is InChI=1S/C19H16FN3O4/c1-11(21-15-6-4-3-5-14(15)20)16-17(24)22-19(26)23(18(16)25)12-7-9-13(27-2)10-8-12/h3-10,25H,1-2H3,(H,22,24,26). The summed E-state index contributed by atoms with van der Waals surface area (Å²) >= 11 is 0. The number of aromatic amines is 1. The van der Waals surface area contributed by atoms with Gasteiger partial charge >= 0.3 is 5.69 Å². The molecule has 7 nitrogen and oxygen atoms in total. The Morgan fingerprint density at radius 1 is 1.15 bits per heavy atom. The number of methoxy groups -OCH3 is 1. The number of nitrogens with zero attached hydrogens (tertiary/aromatic N) is 2. The molecule has 27 heavy (non-hydrogen) atoms. The third-order valence-corrected chi connectivity index (χ3v) is 3.92. The van der Waals surface area contributed by atoms with E-state index >= 15 is 0 Å². The van der Waals surface area contributed by atoms with Crippen LogP contribution in [0.25, 0.3) is 5.69 Å². The van der Waals surface area contributed by atoms with Gasteiger partial charge in [0.2, 0.25) is 5.88 Å². The Bertz CT molecular complexity index is 1130. The van der Waals surface area contributed by atoms with E-state index in [1.54, 1.807) is 30.3 Å². The maximum absolute atomic E-state index is 13.8. The van der Waals surface area contributed by atoms with Gasteiger partial charge in [0.25, 0.3) is 5.56 Å². The smallest absolute Gasteiger partial charge is 0.335 e. The number of para-hydroxylation sites is 1. The molecule has 0 spiro atoms. The van der Waals surface area contributed by atoms with Gasteiger partial charge in [-0.25, -0.2) is 18.7 Å². The highest BCUT2D eigenvalue weighted by molar-refractivity contribution is 6.01. The van der Waals surface area contributed by atoms with Gasteiger partial charge in [-0.05, 0) is 43.3 Å². The highest BCUT2D eigenvalue weighted by atomic mass is 19.1. The van der Waals surface area contributed by atoms with Gasteiger partial charge in [-0.1, -0.05) is 12.1 Å². The van der Waals surface area contributed by atoms with E-state index in [4.69, 9.17) is 4.74 Å². The number of aromatic nitrogens is 2. The molecule has 2 N–H and O–H groups in total. The Morgan fingerprint density at radius 3 is 2.44 bits per heavy atom. The van der Waals surface area contributed by atoms with Crippen LogP contribution in [-0.2, 0) is 0 Å². The van der Waals surface area contributed by atoms with Gasteiger partial charge in [-0.3, -0.25) is 9.78 Å². The number of H-pyrrole nitrogens is 1. The van der Waals surface area contributed by atoms with Crippen molar-refractivity contribution < 1.29 is 14.2 Å². The van der Waals surface area contributed by atoms with Crippen LogP contribution in [0.1, 0.15) is 12.5 Å². The van der Waals surface area contributed by atoms with Crippen molar-refractivity contribution in [2.45, 2.75) is 6.92 Å². The number of aromatic hydroxyl groups is 1. The Kier molecular flexibility index (Phi) is 4.89. The van der Waals surface area contributed by atoms with Gasteiger partial charge in [0.1, 0.15) is 17.1 Å². The Morgan fingerprint density at radius 2 is 1.81 bits per heavy atom. The lowest BCUT2D eigenvalue weighted by Gasteiger charge is -2.12. The van der Waals surface area contributed by atoms with Gasteiger partial charge in [0.05, 0.1) is 24.2 Å². The molecule has 0 amide bonds. The van der Waals surface area contributed by atoms with Crippen LogP contribution in [0.5, 0.6) is 11.6 Å². The van der Waals surface area contributed by atoms with E-state index in [1.165, 1.54) is 32.2 Å². The number of halogens is 1. The lowest BCUT2D eigenvalue weighted by atomic mass is 10.2. The molecule has 138 valence electrons. The van der Waals surface area contributed by atoms with Crippen molar-refractivity contribution in [3.8, 4) is 17.3 Å². The fourth-order valence-electron chi connectivity index (χ4n) is 2.60. The molecule has 1 heterocycles. The minimum absolute atomic E-state index is 0.0102. The van der Waals surface area contributed by atoms with Crippen molar-refractivity contribution >= 4 is 11.4 Å². The van der Waals surface area contributed by atoms with Crippen molar-refractivity contribution in [3.63, 3.8) is 0 Å². The van der Waals surface area contributed by atoms with Gasteiger partial charge in [-0.15, -0.1) is 0 Å². The first kappa shape index (κ1) is 18.1. The Balaban J connectivity index is 2.18. The Hall–Kier alpha value is -3.68. The van der Waals surface area contributed by atoms with E-state index in [0.717, 1.165) is 4.57 Å². The van der Waals surface area contributed by atoms with E-state index < -0.39 is 22.9 Å². The normalized spacial score (nSPS) is 11.4. The van der Waals surface area contributed by atoms with Crippen molar-refractivity contribution in [3.05, 3.63) is 80.7 Å². The number of rotatable bonds is 4. The summed E-state index contributed by atoms with van der Waals surface area (Å²) in [4.78, 5) is 30.7. The van der Waals surface area contributed by atoms with Gasteiger partial charge < -0.3 is 9.84 Å². The topological polar surface area (TPSA) is 96.7 Å². The molecule has 3 rings (SSSR count). The molecular formula is C19H16FN3O4.